The van der Waals surface area contributed by atoms with Gasteiger partial charge in [-0.2, -0.15) is 0 Å². The first-order valence-electron chi connectivity index (χ1n) is 6.87. The number of hydrogen-bond donors (Lipinski definition) is 2. The molecule has 0 radical (unpaired) electrons. The number of nitrogens with one attached hydrogen (secondary N) is 1. The van der Waals surface area contributed by atoms with Crippen LogP contribution in [0.3, 0.4) is 0 Å². The maximum absolute atomic E-state index is 11.8. The zero-order chi connectivity index (χ0) is 13.7. The number of aliphatic hydroxyl groups is 1. The SMILES string of the molecule is Cc1cccc(NC(=O)CCCN2CC(CO)C2)c1. The minimum absolute atomic E-state index is 0.0739. The fourth-order valence-electron chi connectivity index (χ4n) is 2.38. The highest BCUT2D eigenvalue weighted by molar-refractivity contribution is 5.90. The van der Waals surface area contributed by atoms with Gasteiger partial charge in [-0.1, -0.05) is 12.1 Å². The number of anilines is 1. The lowest BCUT2D eigenvalue weighted by atomic mass is 10.0. The number of carbonyl (C=O) groups excluding carboxylic acids is 1. The topological polar surface area (TPSA) is 52.6 Å². The molecule has 1 aromatic rings. The molecule has 0 aliphatic carbocycles. The summed E-state index contributed by atoms with van der Waals surface area (Å²) in [4.78, 5) is 14.0. The van der Waals surface area contributed by atoms with E-state index in [9.17, 15) is 4.79 Å². The average Bonchev–Trinajstić information content (AvgIpc) is 2.32. The molecular formula is C15H22N2O2. The Kier molecular flexibility index (Phi) is 4.93. The molecule has 19 heavy (non-hydrogen) atoms. The van der Waals surface area contributed by atoms with Crippen molar-refractivity contribution in [3.8, 4) is 0 Å². The fraction of sp³-hybridized carbons (Fsp3) is 0.533. The highest BCUT2D eigenvalue weighted by atomic mass is 16.3. The van der Waals surface area contributed by atoms with Crippen molar-refractivity contribution >= 4 is 11.6 Å². The number of rotatable bonds is 6. The molecule has 0 spiro atoms. The lowest BCUT2D eigenvalue weighted by Crippen LogP contribution is -2.48. The third-order valence-electron chi connectivity index (χ3n) is 3.47. The van der Waals surface area contributed by atoms with Crippen LogP contribution in [0.4, 0.5) is 5.69 Å². The predicted octanol–water partition coefficient (Wildman–Crippen LogP) is 1.64. The van der Waals surface area contributed by atoms with Crippen molar-refractivity contribution in [3.63, 3.8) is 0 Å². The third-order valence-corrected chi connectivity index (χ3v) is 3.47. The Bertz CT molecular complexity index is 428. The van der Waals surface area contributed by atoms with Crippen LogP contribution in [0, 0.1) is 12.8 Å². The van der Waals surface area contributed by atoms with Crippen LogP contribution in [0.2, 0.25) is 0 Å². The molecule has 0 atom stereocenters. The van der Waals surface area contributed by atoms with Crippen LogP contribution in [0.25, 0.3) is 0 Å². The molecule has 4 heteroatoms. The summed E-state index contributed by atoms with van der Waals surface area (Å²) in [5.41, 5.74) is 2.02. The van der Waals surface area contributed by atoms with Crippen molar-refractivity contribution in [3.05, 3.63) is 29.8 Å². The third kappa shape index (κ3) is 4.33. The molecule has 4 nitrogen and oxygen atoms in total. The summed E-state index contributed by atoms with van der Waals surface area (Å²) in [6.07, 6.45) is 1.42. The zero-order valence-electron chi connectivity index (χ0n) is 11.4. The number of likely N-dealkylation sites (tertiary alicyclic amines) is 1. The maximum Gasteiger partial charge on any atom is 0.224 e. The normalized spacial score (nSPS) is 16.1. The summed E-state index contributed by atoms with van der Waals surface area (Å²) in [7, 11) is 0. The van der Waals surface area contributed by atoms with Gasteiger partial charge in [-0.15, -0.1) is 0 Å². The molecule has 2 N–H and O–H groups in total. The second kappa shape index (κ2) is 6.68. The Morgan fingerprint density at radius 2 is 2.26 bits per heavy atom. The molecule has 104 valence electrons. The first-order valence-corrected chi connectivity index (χ1v) is 6.87. The van der Waals surface area contributed by atoms with Crippen molar-refractivity contribution in [1.82, 2.24) is 4.90 Å². The van der Waals surface area contributed by atoms with E-state index in [1.54, 1.807) is 0 Å². The summed E-state index contributed by atoms with van der Waals surface area (Å²) in [5, 5.41) is 11.8. The van der Waals surface area contributed by atoms with Gasteiger partial charge in [-0.25, -0.2) is 0 Å². The van der Waals surface area contributed by atoms with Crippen LogP contribution >= 0.6 is 0 Å². The van der Waals surface area contributed by atoms with Crippen LogP contribution in [0.5, 0.6) is 0 Å². The Labute approximate surface area is 114 Å². The van der Waals surface area contributed by atoms with Crippen molar-refractivity contribution in [1.29, 1.82) is 0 Å². The zero-order valence-corrected chi connectivity index (χ0v) is 11.4. The molecule has 1 aliphatic rings. The van der Waals surface area contributed by atoms with Gasteiger partial charge in [0.1, 0.15) is 0 Å². The summed E-state index contributed by atoms with van der Waals surface area (Å²) in [6, 6.07) is 7.84. The lowest BCUT2D eigenvalue weighted by Gasteiger charge is -2.38. The van der Waals surface area contributed by atoms with E-state index >= 15 is 0 Å². The Hall–Kier alpha value is -1.39. The molecule has 1 aromatic carbocycles. The van der Waals surface area contributed by atoms with Crippen molar-refractivity contribution in [2.75, 3.05) is 31.6 Å². The van der Waals surface area contributed by atoms with Gasteiger partial charge in [0, 0.05) is 37.7 Å². The maximum atomic E-state index is 11.8. The predicted molar refractivity (Wildman–Crippen MR) is 76.1 cm³/mol. The van der Waals surface area contributed by atoms with Gasteiger partial charge in [0.15, 0.2) is 0 Å². The molecule has 1 aliphatic heterocycles. The smallest absolute Gasteiger partial charge is 0.224 e. The van der Waals surface area contributed by atoms with E-state index in [4.69, 9.17) is 5.11 Å². The Morgan fingerprint density at radius 3 is 2.95 bits per heavy atom. The average molecular weight is 262 g/mol. The quantitative estimate of drug-likeness (QED) is 0.819. The van der Waals surface area contributed by atoms with Crippen LogP contribution < -0.4 is 5.32 Å². The van der Waals surface area contributed by atoms with Crippen LogP contribution in [-0.2, 0) is 4.79 Å². The monoisotopic (exact) mass is 262 g/mol. The van der Waals surface area contributed by atoms with Gasteiger partial charge in [0.05, 0.1) is 0 Å². The first-order chi connectivity index (χ1) is 9.17. The van der Waals surface area contributed by atoms with Crippen LogP contribution in [-0.4, -0.2) is 42.2 Å². The van der Waals surface area contributed by atoms with E-state index < -0.39 is 0 Å². The number of benzene rings is 1. The molecule has 1 saturated heterocycles. The van der Waals surface area contributed by atoms with Gasteiger partial charge >= 0.3 is 0 Å². The van der Waals surface area contributed by atoms with E-state index in [0.29, 0.717) is 12.3 Å². The summed E-state index contributed by atoms with van der Waals surface area (Å²) >= 11 is 0. The fourth-order valence-corrected chi connectivity index (χ4v) is 2.38. The van der Waals surface area contributed by atoms with Gasteiger partial charge in [-0.3, -0.25) is 4.79 Å². The minimum atomic E-state index is 0.0739. The number of nitrogens with zero attached hydrogens (tertiary/aromatic N) is 1. The highest BCUT2D eigenvalue weighted by Crippen LogP contribution is 2.15. The summed E-state index contributed by atoms with van der Waals surface area (Å²) in [6.45, 7) is 5.17. The van der Waals surface area contributed by atoms with E-state index in [0.717, 1.165) is 37.3 Å². The minimum Gasteiger partial charge on any atom is -0.396 e. The largest absolute Gasteiger partial charge is 0.396 e. The number of aryl methyl sites for hydroxylation is 1. The molecule has 1 fully saturated rings. The van der Waals surface area contributed by atoms with Gasteiger partial charge < -0.3 is 15.3 Å². The number of hydrogen-bond acceptors (Lipinski definition) is 3. The second-order valence-electron chi connectivity index (χ2n) is 5.33. The lowest BCUT2D eigenvalue weighted by molar-refractivity contribution is -0.116. The first kappa shape index (κ1) is 14.0. The summed E-state index contributed by atoms with van der Waals surface area (Å²) < 4.78 is 0. The van der Waals surface area contributed by atoms with Crippen molar-refractivity contribution < 1.29 is 9.90 Å². The number of carbonyl (C=O) groups is 1. The van der Waals surface area contributed by atoms with E-state index in [1.165, 1.54) is 0 Å². The van der Waals surface area contributed by atoms with E-state index in [2.05, 4.69) is 10.2 Å². The second-order valence-corrected chi connectivity index (χ2v) is 5.33. The summed E-state index contributed by atoms with van der Waals surface area (Å²) in [5.74, 6) is 0.519. The van der Waals surface area contributed by atoms with Gasteiger partial charge in [0.25, 0.3) is 0 Å². The molecule has 1 heterocycles. The molecule has 0 aromatic heterocycles. The van der Waals surface area contributed by atoms with Gasteiger partial charge in [-0.05, 0) is 37.6 Å². The highest BCUT2D eigenvalue weighted by Gasteiger charge is 2.24. The molecule has 0 saturated carbocycles. The van der Waals surface area contributed by atoms with Crippen LogP contribution in [0.15, 0.2) is 24.3 Å². The molecule has 2 rings (SSSR count). The standard InChI is InChI=1S/C15H22N2O2/c1-12-4-2-5-14(8-12)16-15(19)6-3-7-17-9-13(10-17)11-18/h2,4-5,8,13,18H,3,6-7,9-11H2,1H3,(H,16,19). The van der Waals surface area contributed by atoms with Crippen LogP contribution in [0.1, 0.15) is 18.4 Å². The molecule has 0 unspecified atom stereocenters. The number of amides is 1. The molecule has 1 amide bonds. The Balaban J connectivity index is 1.62. The van der Waals surface area contributed by atoms with Crippen molar-refractivity contribution in [2.24, 2.45) is 5.92 Å². The molecule has 0 bridgehead atoms. The number of aliphatic hydroxyl groups excluding tert-OH is 1. The van der Waals surface area contributed by atoms with Crippen molar-refractivity contribution in [2.45, 2.75) is 19.8 Å². The van der Waals surface area contributed by atoms with E-state index in [-0.39, 0.29) is 12.5 Å². The Morgan fingerprint density at radius 1 is 1.47 bits per heavy atom. The van der Waals surface area contributed by atoms with Gasteiger partial charge in [0.2, 0.25) is 5.91 Å². The van der Waals surface area contributed by atoms with E-state index in [1.807, 2.05) is 31.2 Å². The molecular weight excluding hydrogens is 240 g/mol.